The van der Waals surface area contributed by atoms with Gasteiger partial charge in [-0.25, -0.2) is 0 Å². The van der Waals surface area contributed by atoms with E-state index in [9.17, 15) is 0 Å². The Morgan fingerprint density at radius 1 is 1.19 bits per heavy atom. The predicted octanol–water partition coefficient (Wildman–Crippen LogP) is 3.12. The molecule has 4 nitrogen and oxygen atoms in total. The topological polar surface area (TPSA) is 39.1 Å². The summed E-state index contributed by atoms with van der Waals surface area (Å²) in [5, 5.41) is 8.03. The Hall–Kier alpha value is -1.03. The SMILES string of the molecule is CNC1CC(Oc2c(C)nn(C)c2C)C12CCCCCC2. The Bertz CT molecular complexity index is 500. The standard InChI is InChI=1S/C17H29N3O/c1-12-16(13(2)20(4)19-12)21-15-11-14(18-3)17(15)9-7-5-6-8-10-17/h14-15,18H,5-11H2,1-4H3. The van der Waals surface area contributed by atoms with Gasteiger partial charge in [-0.3, -0.25) is 4.68 Å². The molecule has 2 aliphatic rings. The van der Waals surface area contributed by atoms with Crippen LogP contribution in [0.1, 0.15) is 56.3 Å². The number of rotatable bonds is 3. The summed E-state index contributed by atoms with van der Waals surface area (Å²) in [6, 6.07) is 0.623. The van der Waals surface area contributed by atoms with Gasteiger partial charge >= 0.3 is 0 Å². The molecule has 3 rings (SSSR count). The fourth-order valence-electron chi connectivity index (χ4n) is 4.44. The van der Waals surface area contributed by atoms with Gasteiger partial charge in [-0.05, 0) is 33.7 Å². The van der Waals surface area contributed by atoms with Crippen molar-refractivity contribution < 1.29 is 4.74 Å². The summed E-state index contributed by atoms with van der Waals surface area (Å²) in [6.45, 7) is 4.15. The van der Waals surface area contributed by atoms with Gasteiger partial charge in [-0.15, -0.1) is 0 Å². The molecular weight excluding hydrogens is 262 g/mol. The van der Waals surface area contributed by atoms with Crippen molar-refractivity contribution in [1.82, 2.24) is 15.1 Å². The quantitative estimate of drug-likeness (QED) is 0.930. The van der Waals surface area contributed by atoms with E-state index in [4.69, 9.17) is 4.74 Å². The maximum Gasteiger partial charge on any atom is 0.163 e. The van der Waals surface area contributed by atoms with Crippen molar-refractivity contribution in [2.75, 3.05) is 7.05 Å². The van der Waals surface area contributed by atoms with E-state index >= 15 is 0 Å². The molecule has 118 valence electrons. The Balaban J connectivity index is 1.81. The highest BCUT2D eigenvalue weighted by atomic mass is 16.5. The number of nitrogens with zero attached hydrogens (tertiary/aromatic N) is 2. The molecule has 1 N–H and O–H groups in total. The van der Waals surface area contributed by atoms with Crippen molar-refractivity contribution >= 4 is 0 Å². The molecule has 0 aromatic carbocycles. The van der Waals surface area contributed by atoms with Crippen molar-refractivity contribution in [3.63, 3.8) is 0 Å². The van der Waals surface area contributed by atoms with Gasteiger partial charge in [0.2, 0.25) is 0 Å². The van der Waals surface area contributed by atoms with Crippen LogP contribution in [0.15, 0.2) is 0 Å². The lowest BCUT2D eigenvalue weighted by atomic mass is 9.58. The van der Waals surface area contributed by atoms with Crippen LogP contribution < -0.4 is 10.1 Å². The molecule has 21 heavy (non-hydrogen) atoms. The van der Waals surface area contributed by atoms with Crippen LogP contribution in [0.3, 0.4) is 0 Å². The lowest BCUT2D eigenvalue weighted by Crippen LogP contribution is -2.64. The molecule has 2 saturated carbocycles. The Labute approximate surface area is 128 Å². The molecule has 0 aliphatic heterocycles. The zero-order valence-corrected chi connectivity index (χ0v) is 13.9. The second-order valence-electron chi connectivity index (χ2n) is 6.95. The normalized spacial score (nSPS) is 28.2. The van der Waals surface area contributed by atoms with Crippen LogP contribution in [-0.4, -0.2) is 29.0 Å². The molecule has 0 bridgehead atoms. The van der Waals surface area contributed by atoms with E-state index in [0.717, 1.165) is 23.6 Å². The summed E-state index contributed by atoms with van der Waals surface area (Å²) < 4.78 is 8.42. The van der Waals surface area contributed by atoms with Gasteiger partial charge in [0.15, 0.2) is 5.75 Å². The zero-order chi connectivity index (χ0) is 15.0. The monoisotopic (exact) mass is 291 g/mol. The van der Waals surface area contributed by atoms with Crippen LogP contribution in [0.25, 0.3) is 0 Å². The number of hydrogen-bond donors (Lipinski definition) is 1. The minimum Gasteiger partial charge on any atom is -0.486 e. The maximum atomic E-state index is 6.49. The van der Waals surface area contributed by atoms with Gasteiger partial charge in [0.1, 0.15) is 11.8 Å². The largest absolute Gasteiger partial charge is 0.486 e. The smallest absolute Gasteiger partial charge is 0.163 e. The Kier molecular flexibility index (Phi) is 4.00. The fourth-order valence-corrected chi connectivity index (χ4v) is 4.44. The summed E-state index contributed by atoms with van der Waals surface area (Å²) in [5.41, 5.74) is 2.51. The molecule has 0 amide bonds. The molecule has 2 fully saturated rings. The van der Waals surface area contributed by atoms with Crippen LogP contribution in [0.5, 0.6) is 5.75 Å². The van der Waals surface area contributed by atoms with Crippen molar-refractivity contribution in [3.05, 3.63) is 11.4 Å². The third kappa shape index (κ3) is 2.37. The maximum absolute atomic E-state index is 6.49. The van der Waals surface area contributed by atoms with E-state index in [1.807, 2.05) is 11.7 Å². The first-order valence-corrected chi connectivity index (χ1v) is 8.42. The van der Waals surface area contributed by atoms with E-state index in [1.54, 1.807) is 0 Å². The summed E-state index contributed by atoms with van der Waals surface area (Å²) in [4.78, 5) is 0. The van der Waals surface area contributed by atoms with Crippen LogP contribution in [0.4, 0.5) is 0 Å². The minimum atomic E-state index is 0.347. The highest BCUT2D eigenvalue weighted by Gasteiger charge is 2.55. The molecule has 0 saturated heterocycles. The molecule has 2 atom stereocenters. The van der Waals surface area contributed by atoms with Gasteiger partial charge in [0.25, 0.3) is 0 Å². The fraction of sp³-hybridized carbons (Fsp3) is 0.824. The molecule has 1 aromatic rings. The average Bonchev–Trinajstić information content (AvgIpc) is 2.68. The second-order valence-corrected chi connectivity index (χ2v) is 6.95. The number of ether oxygens (including phenoxy) is 1. The van der Waals surface area contributed by atoms with Crippen LogP contribution in [-0.2, 0) is 7.05 Å². The van der Waals surface area contributed by atoms with Gasteiger partial charge in [0, 0.05) is 24.9 Å². The lowest BCUT2D eigenvalue weighted by Gasteiger charge is -2.55. The van der Waals surface area contributed by atoms with Gasteiger partial charge in [-0.2, -0.15) is 5.10 Å². The number of aromatic nitrogens is 2. The van der Waals surface area contributed by atoms with E-state index in [0.29, 0.717) is 17.6 Å². The first-order valence-electron chi connectivity index (χ1n) is 8.42. The average molecular weight is 291 g/mol. The third-order valence-electron chi connectivity index (χ3n) is 5.87. The van der Waals surface area contributed by atoms with E-state index < -0.39 is 0 Å². The summed E-state index contributed by atoms with van der Waals surface area (Å²) in [5.74, 6) is 1.01. The van der Waals surface area contributed by atoms with Crippen molar-refractivity contribution in [2.45, 2.75) is 70.9 Å². The van der Waals surface area contributed by atoms with E-state index in [1.165, 1.54) is 38.5 Å². The second kappa shape index (κ2) is 5.64. The van der Waals surface area contributed by atoms with Crippen molar-refractivity contribution in [1.29, 1.82) is 0 Å². The Morgan fingerprint density at radius 3 is 2.38 bits per heavy atom. The Morgan fingerprint density at radius 2 is 1.86 bits per heavy atom. The molecular formula is C17H29N3O. The molecule has 2 unspecified atom stereocenters. The summed E-state index contributed by atoms with van der Waals surface area (Å²) in [6.07, 6.45) is 9.57. The summed E-state index contributed by atoms with van der Waals surface area (Å²) >= 11 is 0. The van der Waals surface area contributed by atoms with Crippen LogP contribution in [0, 0.1) is 19.3 Å². The van der Waals surface area contributed by atoms with E-state index in [-0.39, 0.29) is 0 Å². The third-order valence-corrected chi connectivity index (χ3v) is 5.87. The summed E-state index contributed by atoms with van der Waals surface area (Å²) in [7, 11) is 4.10. The predicted molar refractivity (Wildman–Crippen MR) is 84.7 cm³/mol. The van der Waals surface area contributed by atoms with Crippen LogP contribution >= 0.6 is 0 Å². The number of nitrogens with one attached hydrogen (secondary N) is 1. The van der Waals surface area contributed by atoms with Gasteiger partial charge in [0.05, 0.1) is 5.69 Å². The van der Waals surface area contributed by atoms with E-state index in [2.05, 4.69) is 31.3 Å². The molecule has 4 heteroatoms. The lowest BCUT2D eigenvalue weighted by molar-refractivity contribution is -0.0887. The highest BCUT2D eigenvalue weighted by molar-refractivity contribution is 5.33. The molecule has 1 aromatic heterocycles. The highest BCUT2D eigenvalue weighted by Crippen LogP contribution is 2.52. The van der Waals surface area contributed by atoms with Crippen LogP contribution in [0.2, 0.25) is 0 Å². The zero-order valence-electron chi connectivity index (χ0n) is 13.9. The molecule has 1 heterocycles. The number of hydrogen-bond acceptors (Lipinski definition) is 3. The first kappa shape index (κ1) is 14.9. The van der Waals surface area contributed by atoms with Gasteiger partial charge in [-0.1, -0.05) is 25.7 Å². The molecule has 2 aliphatic carbocycles. The minimum absolute atomic E-state index is 0.347. The number of aryl methyl sites for hydroxylation is 2. The van der Waals surface area contributed by atoms with Crippen molar-refractivity contribution in [2.24, 2.45) is 12.5 Å². The first-order chi connectivity index (χ1) is 10.1. The van der Waals surface area contributed by atoms with Gasteiger partial charge < -0.3 is 10.1 Å². The molecule has 0 radical (unpaired) electrons. The van der Waals surface area contributed by atoms with Crippen molar-refractivity contribution in [3.8, 4) is 5.75 Å². The molecule has 1 spiro atoms.